The van der Waals surface area contributed by atoms with Gasteiger partial charge in [0.15, 0.2) is 0 Å². The SMILES string of the molecule is O[C@@H]1[C@@H](O)[C@H](O)[C@](O)(F)[C@@H](O)[C@H]1O. The van der Waals surface area contributed by atoms with Gasteiger partial charge in [-0.15, -0.1) is 0 Å². The lowest BCUT2D eigenvalue weighted by molar-refractivity contribution is -0.314. The summed E-state index contributed by atoms with van der Waals surface area (Å²) in [4.78, 5) is 0. The minimum absolute atomic E-state index is 1.90. The van der Waals surface area contributed by atoms with Crippen molar-refractivity contribution in [2.45, 2.75) is 36.4 Å². The van der Waals surface area contributed by atoms with Crippen molar-refractivity contribution < 1.29 is 35.0 Å². The van der Waals surface area contributed by atoms with Gasteiger partial charge in [0.2, 0.25) is 0 Å². The fraction of sp³-hybridized carbons (Fsp3) is 1.00. The molecule has 1 aliphatic rings. The Labute approximate surface area is 72.5 Å². The average Bonchev–Trinajstić information content (AvgIpc) is 2.09. The van der Waals surface area contributed by atoms with E-state index in [-0.39, 0.29) is 0 Å². The van der Waals surface area contributed by atoms with E-state index in [0.29, 0.717) is 0 Å². The van der Waals surface area contributed by atoms with Gasteiger partial charge in [-0.1, -0.05) is 0 Å². The Morgan fingerprint density at radius 3 is 1.38 bits per heavy atom. The molecule has 0 amide bonds. The van der Waals surface area contributed by atoms with Crippen LogP contribution in [-0.2, 0) is 0 Å². The summed E-state index contributed by atoms with van der Waals surface area (Å²) >= 11 is 0. The minimum atomic E-state index is -3.53. The Morgan fingerprint density at radius 1 is 0.769 bits per heavy atom. The summed E-state index contributed by atoms with van der Waals surface area (Å²) in [6.07, 6.45) is -10.7. The highest BCUT2D eigenvalue weighted by Crippen LogP contribution is 2.31. The maximum Gasteiger partial charge on any atom is 0.264 e. The summed E-state index contributed by atoms with van der Waals surface area (Å²) < 4.78 is 13.0. The van der Waals surface area contributed by atoms with Gasteiger partial charge in [0.05, 0.1) is 0 Å². The number of rotatable bonds is 0. The van der Waals surface area contributed by atoms with Crippen LogP contribution >= 0.6 is 0 Å². The molecule has 0 aromatic rings. The van der Waals surface area contributed by atoms with Gasteiger partial charge < -0.3 is 30.6 Å². The predicted molar refractivity (Wildman–Crippen MR) is 36.1 cm³/mol. The van der Waals surface area contributed by atoms with E-state index in [2.05, 4.69) is 0 Å². The topological polar surface area (TPSA) is 121 Å². The van der Waals surface area contributed by atoms with Crippen LogP contribution < -0.4 is 0 Å². The second-order valence-corrected chi connectivity index (χ2v) is 3.09. The number of aliphatic hydroxyl groups excluding tert-OH is 5. The second kappa shape index (κ2) is 3.12. The molecule has 1 saturated carbocycles. The number of halogens is 1. The van der Waals surface area contributed by atoms with E-state index in [1.807, 2.05) is 0 Å². The van der Waals surface area contributed by atoms with Gasteiger partial charge in [-0.05, 0) is 0 Å². The molecule has 7 heteroatoms. The van der Waals surface area contributed by atoms with Crippen molar-refractivity contribution in [2.75, 3.05) is 0 Å². The lowest BCUT2D eigenvalue weighted by Gasteiger charge is -2.42. The maximum atomic E-state index is 13.0. The highest BCUT2D eigenvalue weighted by molar-refractivity contribution is 5.02. The molecule has 0 aliphatic heterocycles. The van der Waals surface area contributed by atoms with Gasteiger partial charge in [-0.25, -0.2) is 4.39 Å². The number of hydrogen-bond acceptors (Lipinski definition) is 6. The van der Waals surface area contributed by atoms with Crippen LogP contribution in [0.5, 0.6) is 0 Å². The molecule has 6 N–H and O–H groups in total. The molecule has 0 saturated heterocycles. The van der Waals surface area contributed by atoms with Crippen LogP contribution in [0.4, 0.5) is 4.39 Å². The van der Waals surface area contributed by atoms with Gasteiger partial charge in [-0.2, -0.15) is 0 Å². The summed E-state index contributed by atoms with van der Waals surface area (Å²) in [7, 11) is 0. The first kappa shape index (κ1) is 10.8. The van der Waals surface area contributed by atoms with Crippen molar-refractivity contribution >= 4 is 0 Å². The zero-order valence-electron chi connectivity index (χ0n) is 6.45. The van der Waals surface area contributed by atoms with Gasteiger partial charge in [0.1, 0.15) is 30.5 Å². The first-order valence-corrected chi connectivity index (χ1v) is 3.61. The molecule has 1 aliphatic carbocycles. The van der Waals surface area contributed by atoms with Crippen molar-refractivity contribution in [3.63, 3.8) is 0 Å². The highest BCUT2D eigenvalue weighted by atomic mass is 19.2. The molecule has 13 heavy (non-hydrogen) atoms. The molecule has 6 atom stereocenters. The van der Waals surface area contributed by atoms with Gasteiger partial charge in [0.25, 0.3) is 5.85 Å². The molecule has 0 heterocycles. The number of aliphatic hydroxyl groups is 6. The zero-order chi connectivity index (χ0) is 10.4. The first-order chi connectivity index (χ1) is 5.80. The van der Waals surface area contributed by atoms with E-state index in [4.69, 9.17) is 30.6 Å². The summed E-state index contributed by atoms with van der Waals surface area (Å²) in [6, 6.07) is 0. The fourth-order valence-electron chi connectivity index (χ4n) is 1.23. The summed E-state index contributed by atoms with van der Waals surface area (Å²) in [6.45, 7) is 0. The van der Waals surface area contributed by atoms with E-state index >= 15 is 0 Å². The van der Waals surface area contributed by atoms with Crippen molar-refractivity contribution in [1.29, 1.82) is 0 Å². The van der Waals surface area contributed by atoms with Crippen molar-refractivity contribution in [3.05, 3.63) is 0 Å². The molecule has 0 aromatic heterocycles. The second-order valence-electron chi connectivity index (χ2n) is 3.09. The van der Waals surface area contributed by atoms with E-state index in [1.165, 1.54) is 0 Å². The minimum Gasteiger partial charge on any atom is -0.387 e. The van der Waals surface area contributed by atoms with E-state index in [9.17, 15) is 4.39 Å². The van der Waals surface area contributed by atoms with Crippen LogP contribution in [0.1, 0.15) is 0 Å². The molecule has 0 spiro atoms. The molecule has 1 rings (SSSR count). The zero-order valence-corrected chi connectivity index (χ0v) is 6.45. The van der Waals surface area contributed by atoms with Gasteiger partial charge >= 0.3 is 0 Å². The fourth-order valence-corrected chi connectivity index (χ4v) is 1.23. The summed E-state index contributed by atoms with van der Waals surface area (Å²) in [5.74, 6) is -3.53. The molecule has 6 nitrogen and oxygen atoms in total. The maximum absolute atomic E-state index is 13.0. The summed E-state index contributed by atoms with van der Waals surface area (Å²) in [5, 5.41) is 53.2. The normalized spacial score (nSPS) is 57.9. The van der Waals surface area contributed by atoms with Gasteiger partial charge in [-0.3, -0.25) is 0 Å². The van der Waals surface area contributed by atoms with Crippen molar-refractivity contribution in [3.8, 4) is 0 Å². The third kappa shape index (κ3) is 1.43. The first-order valence-electron chi connectivity index (χ1n) is 3.61. The van der Waals surface area contributed by atoms with Crippen LogP contribution in [0, 0.1) is 0 Å². The molecule has 0 bridgehead atoms. The van der Waals surface area contributed by atoms with Crippen LogP contribution in [0.25, 0.3) is 0 Å². The molecule has 0 aromatic carbocycles. The predicted octanol–water partition coefficient (Wildman–Crippen LogP) is -3.54. The lowest BCUT2D eigenvalue weighted by atomic mass is 9.83. The third-order valence-corrected chi connectivity index (χ3v) is 2.18. The Morgan fingerprint density at radius 2 is 1.08 bits per heavy atom. The standard InChI is InChI=1S/C6H11FO6/c7-6(13)4(11)2(9)1(8)3(10)5(6)12/h1-5,8-13H/t1-,2-,3+,4-,5-,6-/m0/s1. The Bertz CT molecular complexity index is 180. The molecular formula is C6H11FO6. The molecule has 0 radical (unpaired) electrons. The van der Waals surface area contributed by atoms with E-state index in [0.717, 1.165) is 0 Å². The third-order valence-electron chi connectivity index (χ3n) is 2.18. The smallest absolute Gasteiger partial charge is 0.264 e. The number of hydrogen-bond donors (Lipinski definition) is 6. The molecule has 78 valence electrons. The van der Waals surface area contributed by atoms with Crippen molar-refractivity contribution in [1.82, 2.24) is 0 Å². The monoisotopic (exact) mass is 198 g/mol. The Hall–Kier alpha value is -0.310. The average molecular weight is 198 g/mol. The van der Waals surface area contributed by atoms with Crippen LogP contribution in [-0.4, -0.2) is 67.0 Å². The Kier molecular flexibility index (Phi) is 2.59. The lowest BCUT2D eigenvalue weighted by Crippen LogP contribution is -2.68. The quantitative estimate of drug-likeness (QED) is 0.240. The van der Waals surface area contributed by atoms with Crippen LogP contribution in [0.15, 0.2) is 0 Å². The van der Waals surface area contributed by atoms with E-state index in [1.54, 1.807) is 0 Å². The largest absolute Gasteiger partial charge is 0.387 e. The number of alkyl halides is 1. The van der Waals surface area contributed by atoms with E-state index < -0.39 is 36.4 Å². The Balaban J connectivity index is 2.93. The molecule has 0 unspecified atom stereocenters. The summed E-state index contributed by atoms with van der Waals surface area (Å²) in [5.41, 5.74) is 0. The molecule has 1 fully saturated rings. The van der Waals surface area contributed by atoms with Crippen molar-refractivity contribution in [2.24, 2.45) is 0 Å². The van der Waals surface area contributed by atoms with Crippen LogP contribution in [0.2, 0.25) is 0 Å². The van der Waals surface area contributed by atoms with Crippen LogP contribution in [0.3, 0.4) is 0 Å². The van der Waals surface area contributed by atoms with Gasteiger partial charge in [0, 0.05) is 0 Å². The highest BCUT2D eigenvalue weighted by Gasteiger charge is 2.58. The molecular weight excluding hydrogens is 187 g/mol.